The van der Waals surface area contributed by atoms with Gasteiger partial charge in [-0.3, -0.25) is 0 Å². The quantitative estimate of drug-likeness (QED) is 0.186. The monoisotopic (exact) mass is 405 g/mol. The van der Waals surface area contributed by atoms with E-state index in [4.69, 9.17) is 4.74 Å². The lowest BCUT2D eigenvalue weighted by atomic mass is 9.89. The second-order valence-electron chi connectivity index (χ2n) is 9.17. The third-order valence-electron chi connectivity index (χ3n) is 7.45. The lowest BCUT2D eigenvalue weighted by molar-refractivity contribution is -0.643. The van der Waals surface area contributed by atoms with Crippen molar-refractivity contribution < 1.29 is 9.30 Å². The average molecular weight is 406 g/mol. The highest BCUT2D eigenvalue weighted by molar-refractivity contribution is 6.25. The van der Waals surface area contributed by atoms with E-state index in [1.54, 1.807) is 0 Å². The van der Waals surface area contributed by atoms with Crippen molar-refractivity contribution in [2.24, 2.45) is 7.05 Å². The van der Waals surface area contributed by atoms with Gasteiger partial charge in [0, 0.05) is 30.1 Å². The summed E-state index contributed by atoms with van der Waals surface area (Å²) in [7, 11) is 2.18. The van der Waals surface area contributed by atoms with Crippen LogP contribution in [0, 0.1) is 6.92 Å². The molecule has 3 heteroatoms. The van der Waals surface area contributed by atoms with Gasteiger partial charge in [-0.2, -0.15) is 0 Å². The Labute approximate surface area is 180 Å². The lowest BCUT2D eigenvalue weighted by Crippen LogP contribution is -2.29. The Bertz CT molecular complexity index is 1640. The van der Waals surface area contributed by atoms with E-state index in [1.807, 2.05) is 0 Å². The van der Waals surface area contributed by atoms with Crippen LogP contribution in [0.5, 0.6) is 0 Å². The van der Waals surface area contributed by atoms with Gasteiger partial charge in [0.25, 0.3) is 0 Å². The van der Waals surface area contributed by atoms with E-state index in [2.05, 4.69) is 83.7 Å². The molecule has 0 atom stereocenters. The average Bonchev–Trinajstić information content (AvgIpc) is 3.15. The maximum absolute atomic E-state index is 5.65. The summed E-state index contributed by atoms with van der Waals surface area (Å²) in [4.78, 5) is 0. The fourth-order valence-corrected chi connectivity index (χ4v) is 5.96. The fourth-order valence-electron chi connectivity index (χ4n) is 5.96. The predicted molar refractivity (Wildman–Crippen MR) is 127 cm³/mol. The molecule has 7 rings (SSSR count). The molecule has 0 unspecified atom stereocenters. The molecular formula is C28H25N2O+. The first-order chi connectivity index (χ1) is 15.2. The fraction of sp³-hybridized carbons (Fsp3) is 0.250. The standard InChI is InChI=1S/C28H25N2O/c1-17-7-8-22-21-5-3-4-6-23(21)30-24-16-20(18-10-13-31-14-11-18)15-19-9-12-29(2)28(26(19)24)25(17)27(22)30/h3-9,12,15-16,18H,10-11,13-14H2,1-2H3/q+1. The SMILES string of the molecule is Cc1ccc2c3ccccc3n3c4cc(C5CCOCC5)cc5cc[n+](C)c(c1c23)c54. The minimum Gasteiger partial charge on any atom is -0.381 e. The van der Waals surface area contributed by atoms with Gasteiger partial charge in [-0.1, -0.05) is 36.4 Å². The van der Waals surface area contributed by atoms with Gasteiger partial charge in [0.05, 0.1) is 27.3 Å². The minimum absolute atomic E-state index is 0.572. The van der Waals surface area contributed by atoms with Crippen LogP contribution in [0.25, 0.3) is 49.0 Å². The van der Waals surface area contributed by atoms with Gasteiger partial charge in [-0.05, 0) is 54.3 Å². The molecule has 31 heavy (non-hydrogen) atoms. The van der Waals surface area contributed by atoms with Crippen LogP contribution in [0.4, 0.5) is 0 Å². The lowest BCUT2D eigenvalue weighted by Gasteiger charge is -2.23. The van der Waals surface area contributed by atoms with Crippen molar-refractivity contribution in [1.29, 1.82) is 0 Å². The second-order valence-corrected chi connectivity index (χ2v) is 9.17. The minimum atomic E-state index is 0.572. The molecule has 1 aliphatic rings. The number of hydrogen-bond acceptors (Lipinski definition) is 1. The highest BCUT2D eigenvalue weighted by atomic mass is 16.5. The molecule has 0 N–H and O–H groups in total. The highest BCUT2D eigenvalue weighted by Crippen LogP contribution is 2.42. The van der Waals surface area contributed by atoms with Crippen LogP contribution in [-0.4, -0.2) is 17.6 Å². The number of benzene rings is 3. The summed E-state index contributed by atoms with van der Waals surface area (Å²) >= 11 is 0. The van der Waals surface area contributed by atoms with Gasteiger partial charge in [0.15, 0.2) is 6.20 Å². The summed E-state index contributed by atoms with van der Waals surface area (Å²) in [6.07, 6.45) is 4.44. The Kier molecular flexibility index (Phi) is 3.49. The van der Waals surface area contributed by atoms with E-state index in [0.29, 0.717) is 5.92 Å². The number of hydrogen-bond donors (Lipinski definition) is 0. The zero-order chi connectivity index (χ0) is 20.7. The molecule has 0 spiro atoms. The zero-order valence-electron chi connectivity index (χ0n) is 18.0. The summed E-state index contributed by atoms with van der Waals surface area (Å²) in [5.74, 6) is 0.572. The van der Waals surface area contributed by atoms with Crippen molar-refractivity contribution in [1.82, 2.24) is 4.40 Å². The molecule has 0 bridgehead atoms. The highest BCUT2D eigenvalue weighted by Gasteiger charge is 2.25. The number of aryl methyl sites for hydroxylation is 2. The van der Waals surface area contributed by atoms with E-state index >= 15 is 0 Å². The second kappa shape index (κ2) is 6.18. The third kappa shape index (κ3) is 2.25. The summed E-state index contributed by atoms with van der Waals surface area (Å²) in [5, 5.41) is 6.75. The molecule has 6 aromatic rings. The van der Waals surface area contributed by atoms with Crippen LogP contribution < -0.4 is 4.57 Å². The molecule has 1 saturated heterocycles. The molecule has 3 aromatic heterocycles. The van der Waals surface area contributed by atoms with Crippen LogP contribution in [-0.2, 0) is 11.8 Å². The number of ether oxygens (including phenoxy) is 1. The van der Waals surface area contributed by atoms with E-state index < -0.39 is 0 Å². The van der Waals surface area contributed by atoms with E-state index in [1.165, 1.54) is 60.1 Å². The molecule has 152 valence electrons. The van der Waals surface area contributed by atoms with Crippen LogP contribution in [0.15, 0.2) is 60.8 Å². The molecule has 1 aliphatic heterocycles. The number of fused-ring (bicyclic) bond motifs is 5. The summed E-state index contributed by atoms with van der Waals surface area (Å²) < 4.78 is 10.5. The van der Waals surface area contributed by atoms with E-state index in [9.17, 15) is 0 Å². The van der Waals surface area contributed by atoms with Crippen LogP contribution in [0.3, 0.4) is 0 Å². The van der Waals surface area contributed by atoms with Crippen molar-refractivity contribution in [3.05, 3.63) is 71.9 Å². The zero-order valence-corrected chi connectivity index (χ0v) is 18.0. The van der Waals surface area contributed by atoms with Crippen molar-refractivity contribution in [3.63, 3.8) is 0 Å². The summed E-state index contributed by atoms with van der Waals surface area (Å²) in [5.41, 5.74) is 8.10. The van der Waals surface area contributed by atoms with Crippen LogP contribution >= 0.6 is 0 Å². The predicted octanol–water partition coefficient (Wildman–Crippen LogP) is 6.02. The Morgan fingerprint density at radius 3 is 2.61 bits per heavy atom. The van der Waals surface area contributed by atoms with Gasteiger partial charge < -0.3 is 9.14 Å². The maximum atomic E-state index is 5.65. The Morgan fingerprint density at radius 2 is 1.74 bits per heavy atom. The maximum Gasteiger partial charge on any atom is 0.224 e. The topological polar surface area (TPSA) is 17.5 Å². The number of rotatable bonds is 1. The largest absolute Gasteiger partial charge is 0.381 e. The van der Waals surface area contributed by atoms with Crippen LogP contribution in [0.2, 0.25) is 0 Å². The smallest absolute Gasteiger partial charge is 0.224 e. The van der Waals surface area contributed by atoms with E-state index in [0.717, 1.165) is 26.1 Å². The molecular weight excluding hydrogens is 380 g/mol. The Hall–Kier alpha value is -3.17. The Morgan fingerprint density at radius 1 is 0.903 bits per heavy atom. The van der Waals surface area contributed by atoms with E-state index in [-0.39, 0.29) is 0 Å². The molecule has 0 saturated carbocycles. The molecule has 0 aliphatic carbocycles. The van der Waals surface area contributed by atoms with Crippen molar-refractivity contribution in [2.75, 3.05) is 13.2 Å². The molecule has 1 fully saturated rings. The molecule has 0 radical (unpaired) electrons. The number of pyridine rings is 2. The molecule has 3 aromatic carbocycles. The summed E-state index contributed by atoms with van der Waals surface area (Å²) in [6, 6.07) is 20.6. The first-order valence-electron chi connectivity index (χ1n) is 11.3. The first kappa shape index (κ1) is 17.5. The van der Waals surface area contributed by atoms with Crippen LogP contribution in [0.1, 0.15) is 29.9 Å². The van der Waals surface area contributed by atoms with Gasteiger partial charge in [-0.25, -0.2) is 4.57 Å². The number of para-hydroxylation sites is 1. The Balaban J connectivity index is 1.78. The molecule has 0 amide bonds. The van der Waals surface area contributed by atoms with Crippen molar-refractivity contribution in [2.45, 2.75) is 25.7 Å². The number of nitrogens with zero attached hydrogens (tertiary/aromatic N) is 2. The molecule has 3 nitrogen and oxygen atoms in total. The third-order valence-corrected chi connectivity index (χ3v) is 7.45. The van der Waals surface area contributed by atoms with Gasteiger partial charge >= 0.3 is 0 Å². The normalized spacial score (nSPS) is 15.9. The van der Waals surface area contributed by atoms with Gasteiger partial charge in [0.2, 0.25) is 5.52 Å². The van der Waals surface area contributed by atoms with Crippen molar-refractivity contribution in [3.8, 4) is 0 Å². The van der Waals surface area contributed by atoms with Crippen molar-refractivity contribution >= 4 is 49.0 Å². The summed E-state index contributed by atoms with van der Waals surface area (Å²) in [6.45, 7) is 3.98. The molecule has 4 heterocycles. The number of aromatic nitrogens is 2. The van der Waals surface area contributed by atoms with Gasteiger partial charge in [-0.15, -0.1) is 0 Å². The van der Waals surface area contributed by atoms with Gasteiger partial charge in [0.1, 0.15) is 7.05 Å². The first-order valence-corrected chi connectivity index (χ1v) is 11.3.